The van der Waals surface area contributed by atoms with Gasteiger partial charge in [0.1, 0.15) is 0 Å². The van der Waals surface area contributed by atoms with E-state index in [1.54, 1.807) is 0 Å². The van der Waals surface area contributed by atoms with Crippen LogP contribution in [0.15, 0.2) is 0 Å². The third-order valence-corrected chi connectivity index (χ3v) is 4.58. The zero-order valence-electron chi connectivity index (χ0n) is 9.42. The lowest BCUT2D eigenvalue weighted by molar-refractivity contribution is 0.0704. The van der Waals surface area contributed by atoms with E-state index in [4.69, 9.17) is 0 Å². The van der Waals surface area contributed by atoms with Gasteiger partial charge in [0, 0.05) is 18.6 Å². The molecule has 4 rings (SSSR count). The smallest absolute Gasteiger partial charge is 0.0227 e. The third kappa shape index (κ3) is 1.49. The largest absolute Gasteiger partial charge is 0.309 e. The highest BCUT2D eigenvalue weighted by molar-refractivity contribution is 5.05. The molecule has 1 aliphatic carbocycles. The van der Waals surface area contributed by atoms with E-state index in [0.717, 1.165) is 18.0 Å². The van der Waals surface area contributed by atoms with Crippen LogP contribution in [0.3, 0.4) is 0 Å². The van der Waals surface area contributed by atoms with Crippen molar-refractivity contribution in [3.8, 4) is 0 Å². The van der Waals surface area contributed by atoms with Gasteiger partial charge >= 0.3 is 0 Å². The van der Waals surface area contributed by atoms with Gasteiger partial charge in [-0.05, 0) is 43.7 Å². The lowest BCUT2D eigenvalue weighted by Crippen LogP contribution is -2.56. The topological polar surface area (TPSA) is 15.3 Å². The van der Waals surface area contributed by atoms with Gasteiger partial charge in [0.25, 0.3) is 0 Å². The SMILES string of the molecule is CC1(C)CC1NC1CN2CCC1CC2. The van der Waals surface area contributed by atoms with Crippen LogP contribution >= 0.6 is 0 Å². The average Bonchev–Trinajstić information content (AvgIpc) is 2.75. The molecule has 4 fully saturated rings. The Balaban J connectivity index is 1.59. The van der Waals surface area contributed by atoms with Gasteiger partial charge in [-0.1, -0.05) is 13.8 Å². The molecule has 80 valence electrons. The second-order valence-electron chi connectivity index (χ2n) is 6.16. The molecule has 0 amide bonds. The van der Waals surface area contributed by atoms with Gasteiger partial charge in [0.2, 0.25) is 0 Å². The van der Waals surface area contributed by atoms with Gasteiger partial charge in [-0.25, -0.2) is 0 Å². The maximum atomic E-state index is 3.87. The minimum Gasteiger partial charge on any atom is -0.309 e. The summed E-state index contributed by atoms with van der Waals surface area (Å²) in [5.74, 6) is 0.983. The predicted octanol–water partition coefficient (Wildman–Crippen LogP) is 1.47. The molecular formula is C12H22N2. The van der Waals surface area contributed by atoms with Gasteiger partial charge in [-0.3, -0.25) is 0 Å². The molecule has 2 bridgehead atoms. The Kier molecular flexibility index (Phi) is 1.94. The molecule has 3 aliphatic heterocycles. The van der Waals surface area contributed by atoms with E-state index >= 15 is 0 Å². The summed E-state index contributed by atoms with van der Waals surface area (Å²) in [6, 6.07) is 1.62. The summed E-state index contributed by atoms with van der Waals surface area (Å²) >= 11 is 0. The molecule has 0 aromatic heterocycles. The fourth-order valence-electron chi connectivity index (χ4n) is 3.16. The summed E-state index contributed by atoms with van der Waals surface area (Å²) in [4.78, 5) is 2.63. The first kappa shape index (κ1) is 9.17. The first-order valence-corrected chi connectivity index (χ1v) is 6.13. The van der Waals surface area contributed by atoms with Crippen LogP contribution in [0.4, 0.5) is 0 Å². The average molecular weight is 194 g/mol. The van der Waals surface area contributed by atoms with Crippen molar-refractivity contribution in [3.63, 3.8) is 0 Å². The number of hydrogen-bond acceptors (Lipinski definition) is 2. The molecule has 0 aromatic carbocycles. The molecule has 2 atom stereocenters. The van der Waals surface area contributed by atoms with Crippen molar-refractivity contribution in [2.24, 2.45) is 11.3 Å². The molecule has 3 saturated heterocycles. The molecule has 2 heteroatoms. The standard InChI is InChI=1S/C12H22N2/c1-12(2)7-11(12)13-10-8-14-5-3-9(10)4-6-14/h9-11,13H,3-8H2,1-2H3. The van der Waals surface area contributed by atoms with Gasteiger partial charge in [-0.15, -0.1) is 0 Å². The van der Waals surface area contributed by atoms with E-state index in [1.807, 2.05) is 0 Å². The number of nitrogens with one attached hydrogen (secondary N) is 1. The number of piperidine rings is 3. The molecule has 3 heterocycles. The van der Waals surface area contributed by atoms with Crippen LogP contribution in [0.5, 0.6) is 0 Å². The molecule has 2 unspecified atom stereocenters. The van der Waals surface area contributed by atoms with Gasteiger partial charge in [0.15, 0.2) is 0 Å². The highest BCUT2D eigenvalue weighted by Gasteiger charge is 2.48. The fraction of sp³-hybridized carbons (Fsp3) is 1.00. The number of nitrogens with zero attached hydrogens (tertiary/aromatic N) is 1. The third-order valence-electron chi connectivity index (χ3n) is 4.58. The molecule has 0 radical (unpaired) electrons. The van der Waals surface area contributed by atoms with Gasteiger partial charge in [0.05, 0.1) is 0 Å². The molecular weight excluding hydrogens is 172 g/mol. The fourth-order valence-corrected chi connectivity index (χ4v) is 3.16. The Labute approximate surface area is 87.0 Å². The van der Waals surface area contributed by atoms with Crippen molar-refractivity contribution >= 4 is 0 Å². The van der Waals surface area contributed by atoms with Gasteiger partial charge < -0.3 is 10.2 Å². The van der Waals surface area contributed by atoms with Crippen molar-refractivity contribution in [1.82, 2.24) is 10.2 Å². The van der Waals surface area contributed by atoms with E-state index in [9.17, 15) is 0 Å². The maximum absolute atomic E-state index is 3.87. The van der Waals surface area contributed by atoms with Crippen molar-refractivity contribution in [3.05, 3.63) is 0 Å². The summed E-state index contributed by atoms with van der Waals surface area (Å²) in [6.07, 6.45) is 4.26. The lowest BCUT2D eigenvalue weighted by atomic mass is 9.84. The highest BCUT2D eigenvalue weighted by Crippen LogP contribution is 2.45. The molecule has 4 aliphatic rings. The zero-order valence-corrected chi connectivity index (χ0v) is 9.42. The summed E-state index contributed by atoms with van der Waals surface area (Å²) in [5.41, 5.74) is 0.589. The van der Waals surface area contributed by atoms with E-state index in [1.165, 1.54) is 38.9 Å². The first-order valence-electron chi connectivity index (χ1n) is 6.13. The molecule has 1 saturated carbocycles. The summed E-state index contributed by atoms with van der Waals surface area (Å²) in [6.45, 7) is 8.79. The maximum Gasteiger partial charge on any atom is 0.0227 e. The molecule has 2 nitrogen and oxygen atoms in total. The van der Waals surface area contributed by atoms with Gasteiger partial charge in [-0.2, -0.15) is 0 Å². The van der Waals surface area contributed by atoms with Crippen molar-refractivity contribution in [1.29, 1.82) is 0 Å². The molecule has 0 spiro atoms. The minimum absolute atomic E-state index is 0.589. The summed E-state index contributed by atoms with van der Waals surface area (Å²) in [7, 11) is 0. The second kappa shape index (κ2) is 2.96. The van der Waals surface area contributed by atoms with Crippen molar-refractivity contribution in [2.45, 2.75) is 45.2 Å². The normalized spacial score (nSPS) is 49.3. The van der Waals surface area contributed by atoms with E-state index in [0.29, 0.717) is 5.41 Å². The van der Waals surface area contributed by atoms with Crippen LogP contribution in [0, 0.1) is 11.3 Å². The van der Waals surface area contributed by atoms with Crippen molar-refractivity contribution < 1.29 is 0 Å². The first-order chi connectivity index (χ1) is 6.65. The van der Waals surface area contributed by atoms with Crippen LogP contribution < -0.4 is 5.32 Å². The zero-order chi connectivity index (χ0) is 9.76. The Morgan fingerprint density at radius 2 is 1.86 bits per heavy atom. The Morgan fingerprint density at radius 1 is 1.21 bits per heavy atom. The van der Waals surface area contributed by atoms with Crippen LogP contribution in [0.1, 0.15) is 33.1 Å². The Bertz CT molecular complexity index is 228. The lowest BCUT2D eigenvalue weighted by Gasteiger charge is -2.45. The minimum atomic E-state index is 0.589. The van der Waals surface area contributed by atoms with Crippen LogP contribution in [0.25, 0.3) is 0 Å². The Hall–Kier alpha value is -0.0800. The van der Waals surface area contributed by atoms with E-state index in [-0.39, 0.29) is 0 Å². The van der Waals surface area contributed by atoms with E-state index < -0.39 is 0 Å². The monoisotopic (exact) mass is 194 g/mol. The summed E-state index contributed by atoms with van der Waals surface area (Å²) in [5, 5.41) is 3.87. The second-order valence-corrected chi connectivity index (χ2v) is 6.16. The number of hydrogen-bond donors (Lipinski definition) is 1. The van der Waals surface area contributed by atoms with E-state index in [2.05, 4.69) is 24.1 Å². The number of rotatable bonds is 2. The summed E-state index contributed by atoms with van der Waals surface area (Å²) < 4.78 is 0. The quantitative estimate of drug-likeness (QED) is 0.716. The van der Waals surface area contributed by atoms with Crippen molar-refractivity contribution in [2.75, 3.05) is 19.6 Å². The van der Waals surface area contributed by atoms with Crippen LogP contribution in [-0.4, -0.2) is 36.6 Å². The molecule has 14 heavy (non-hydrogen) atoms. The predicted molar refractivity (Wildman–Crippen MR) is 58.3 cm³/mol. The molecule has 0 aromatic rings. The highest BCUT2D eigenvalue weighted by atomic mass is 15.2. The number of fused-ring (bicyclic) bond motifs is 3. The molecule has 1 N–H and O–H groups in total. The van der Waals surface area contributed by atoms with Crippen LogP contribution in [-0.2, 0) is 0 Å². The Morgan fingerprint density at radius 3 is 2.29 bits per heavy atom. The van der Waals surface area contributed by atoms with Crippen LogP contribution in [0.2, 0.25) is 0 Å².